The van der Waals surface area contributed by atoms with Gasteiger partial charge in [0.1, 0.15) is 0 Å². The molecule has 1 aromatic heterocycles. The predicted molar refractivity (Wildman–Crippen MR) is 85.1 cm³/mol. The lowest BCUT2D eigenvalue weighted by Crippen LogP contribution is -2.10. The van der Waals surface area contributed by atoms with Gasteiger partial charge in [0.15, 0.2) is 0 Å². The first-order chi connectivity index (χ1) is 9.24. The Bertz CT molecular complexity index is 563. The van der Waals surface area contributed by atoms with E-state index in [2.05, 4.69) is 57.5 Å². The van der Waals surface area contributed by atoms with Crippen molar-refractivity contribution in [3.8, 4) is 0 Å². The van der Waals surface area contributed by atoms with Crippen LogP contribution in [0.3, 0.4) is 0 Å². The first-order valence-electron chi connectivity index (χ1n) is 6.87. The summed E-state index contributed by atoms with van der Waals surface area (Å²) >= 11 is 5.70. The standard InChI is InChI=1S/C16H18BrNS/c1-11-18-14(10-19-11)9-13-7-4-6-12-5-2-3-8-15(12)16(13)17/h2-3,5,8,10,13,16H,4,6-7,9H2,1H3. The van der Waals surface area contributed by atoms with E-state index in [9.17, 15) is 0 Å². The van der Waals surface area contributed by atoms with E-state index < -0.39 is 0 Å². The van der Waals surface area contributed by atoms with Gasteiger partial charge in [0.05, 0.1) is 10.7 Å². The summed E-state index contributed by atoms with van der Waals surface area (Å²) in [7, 11) is 0. The van der Waals surface area contributed by atoms with Gasteiger partial charge in [-0.1, -0.05) is 40.2 Å². The molecule has 0 N–H and O–H groups in total. The summed E-state index contributed by atoms with van der Waals surface area (Å²) in [6.45, 7) is 2.09. The third-order valence-electron chi connectivity index (χ3n) is 3.93. The number of halogens is 1. The van der Waals surface area contributed by atoms with Gasteiger partial charge >= 0.3 is 0 Å². The van der Waals surface area contributed by atoms with Crippen LogP contribution in [0, 0.1) is 12.8 Å². The summed E-state index contributed by atoms with van der Waals surface area (Å²) in [5.41, 5.74) is 4.26. The first kappa shape index (κ1) is 13.3. The number of benzene rings is 1. The highest BCUT2D eigenvalue weighted by Crippen LogP contribution is 2.40. The average Bonchev–Trinajstić information content (AvgIpc) is 2.75. The van der Waals surface area contributed by atoms with Crippen LogP contribution in [0.15, 0.2) is 29.6 Å². The smallest absolute Gasteiger partial charge is 0.0897 e. The van der Waals surface area contributed by atoms with E-state index in [1.807, 2.05) is 0 Å². The van der Waals surface area contributed by atoms with Gasteiger partial charge in [-0.05, 0) is 49.7 Å². The van der Waals surface area contributed by atoms with E-state index in [1.54, 1.807) is 11.3 Å². The lowest BCUT2D eigenvalue weighted by atomic mass is 9.92. The summed E-state index contributed by atoms with van der Waals surface area (Å²) in [6, 6.07) is 8.86. The highest BCUT2D eigenvalue weighted by atomic mass is 79.9. The molecule has 1 aromatic carbocycles. The molecule has 0 bridgehead atoms. The van der Waals surface area contributed by atoms with Crippen molar-refractivity contribution in [3.63, 3.8) is 0 Å². The van der Waals surface area contributed by atoms with Crippen molar-refractivity contribution in [1.29, 1.82) is 0 Å². The fourth-order valence-corrected chi connectivity index (χ4v) is 4.49. The Morgan fingerprint density at radius 2 is 2.21 bits per heavy atom. The molecule has 3 rings (SSSR count). The van der Waals surface area contributed by atoms with Crippen LogP contribution in [0.1, 0.15) is 39.5 Å². The molecular weight excluding hydrogens is 318 g/mol. The van der Waals surface area contributed by atoms with Crippen LogP contribution in [-0.2, 0) is 12.8 Å². The molecule has 2 atom stereocenters. The maximum Gasteiger partial charge on any atom is 0.0897 e. The van der Waals surface area contributed by atoms with Gasteiger partial charge < -0.3 is 0 Å². The Hall–Kier alpha value is -0.670. The van der Waals surface area contributed by atoms with E-state index in [0.29, 0.717) is 10.7 Å². The lowest BCUT2D eigenvalue weighted by molar-refractivity contribution is 0.471. The van der Waals surface area contributed by atoms with Gasteiger partial charge in [0, 0.05) is 10.2 Å². The van der Waals surface area contributed by atoms with Crippen LogP contribution < -0.4 is 0 Å². The minimum atomic E-state index is 0.466. The summed E-state index contributed by atoms with van der Waals surface area (Å²) in [4.78, 5) is 5.09. The zero-order valence-corrected chi connectivity index (χ0v) is 13.5. The average molecular weight is 336 g/mol. The molecule has 1 nitrogen and oxygen atoms in total. The van der Waals surface area contributed by atoms with Crippen molar-refractivity contribution in [3.05, 3.63) is 51.5 Å². The Labute approximate surface area is 127 Å². The van der Waals surface area contributed by atoms with Gasteiger partial charge in [-0.3, -0.25) is 0 Å². The molecule has 0 spiro atoms. The van der Waals surface area contributed by atoms with Crippen molar-refractivity contribution >= 4 is 27.3 Å². The second-order valence-electron chi connectivity index (χ2n) is 5.31. The molecule has 2 unspecified atom stereocenters. The van der Waals surface area contributed by atoms with Crippen LogP contribution in [-0.4, -0.2) is 4.98 Å². The van der Waals surface area contributed by atoms with Crippen LogP contribution in [0.25, 0.3) is 0 Å². The van der Waals surface area contributed by atoms with Crippen molar-refractivity contribution in [2.24, 2.45) is 5.92 Å². The Morgan fingerprint density at radius 1 is 1.37 bits per heavy atom. The van der Waals surface area contributed by atoms with Gasteiger partial charge in [-0.25, -0.2) is 4.98 Å². The molecule has 2 aromatic rings. The zero-order chi connectivity index (χ0) is 13.2. The molecule has 3 heteroatoms. The molecule has 1 aliphatic carbocycles. The van der Waals surface area contributed by atoms with E-state index in [4.69, 9.17) is 0 Å². The topological polar surface area (TPSA) is 12.9 Å². The van der Waals surface area contributed by atoms with E-state index in [-0.39, 0.29) is 0 Å². The summed E-state index contributed by atoms with van der Waals surface area (Å²) in [5, 5.41) is 3.39. The van der Waals surface area contributed by atoms with Gasteiger partial charge in [-0.15, -0.1) is 11.3 Å². The second kappa shape index (κ2) is 5.76. The molecule has 19 heavy (non-hydrogen) atoms. The number of aryl methyl sites for hydroxylation is 2. The van der Waals surface area contributed by atoms with Crippen molar-refractivity contribution in [2.75, 3.05) is 0 Å². The number of fused-ring (bicyclic) bond motifs is 1. The number of hydrogen-bond donors (Lipinski definition) is 0. The van der Waals surface area contributed by atoms with Gasteiger partial charge in [0.25, 0.3) is 0 Å². The highest BCUT2D eigenvalue weighted by molar-refractivity contribution is 9.09. The zero-order valence-electron chi connectivity index (χ0n) is 11.1. The van der Waals surface area contributed by atoms with Crippen molar-refractivity contribution < 1.29 is 0 Å². The van der Waals surface area contributed by atoms with Gasteiger partial charge in [0.2, 0.25) is 0 Å². The summed E-state index contributed by atoms with van der Waals surface area (Å²) in [5.74, 6) is 0.658. The van der Waals surface area contributed by atoms with E-state index >= 15 is 0 Å². The lowest BCUT2D eigenvalue weighted by Gasteiger charge is -2.20. The predicted octanol–water partition coefficient (Wildman–Crippen LogP) is 5.08. The minimum Gasteiger partial charge on any atom is -0.247 e. The molecule has 0 saturated heterocycles. The van der Waals surface area contributed by atoms with E-state index in [0.717, 1.165) is 6.42 Å². The van der Waals surface area contributed by atoms with Crippen molar-refractivity contribution in [2.45, 2.75) is 37.4 Å². The highest BCUT2D eigenvalue weighted by Gasteiger charge is 2.26. The Balaban J connectivity index is 1.83. The number of aromatic nitrogens is 1. The molecule has 0 radical (unpaired) electrons. The Morgan fingerprint density at radius 3 is 3.00 bits per heavy atom. The molecule has 0 amide bonds. The third-order valence-corrected chi connectivity index (χ3v) is 5.99. The largest absolute Gasteiger partial charge is 0.247 e. The van der Waals surface area contributed by atoms with Crippen LogP contribution in [0.2, 0.25) is 0 Å². The fourth-order valence-electron chi connectivity index (χ4n) is 2.96. The minimum absolute atomic E-state index is 0.466. The normalized spacial score (nSPS) is 22.8. The molecule has 0 aliphatic heterocycles. The SMILES string of the molecule is Cc1nc(CC2CCCc3ccccc3C2Br)cs1. The summed E-state index contributed by atoms with van der Waals surface area (Å²) in [6.07, 6.45) is 4.87. The number of hydrogen-bond acceptors (Lipinski definition) is 2. The molecule has 0 fully saturated rings. The Kier molecular flexibility index (Phi) is 4.04. The maximum atomic E-state index is 4.62. The molecule has 1 aliphatic rings. The summed E-state index contributed by atoms with van der Waals surface area (Å²) < 4.78 is 0. The number of nitrogens with zero attached hydrogens (tertiary/aromatic N) is 1. The van der Waals surface area contributed by atoms with Gasteiger partial charge in [-0.2, -0.15) is 0 Å². The molecular formula is C16H18BrNS. The fraction of sp³-hybridized carbons (Fsp3) is 0.438. The molecule has 1 heterocycles. The second-order valence-corrected chi connectivity index (χ2v) is 7.36. The number of thiazole rings is 1. The third kappa shape index (κ3) is 2.92. The van der Waals surface area contributed by atoms with Crippen LogP contribution in [0.4, 0.5) is 0 Å². The van der Waals surface area contributed by atoms with E-state index in [1.165, 1.54) is 41.1 Å². The molecule has 100 valence electrons. The monoisotopic (exact) mass is 335 g/mol. The van der Waals surface area contributed by atoms with Crippen LogP contribution >= 0.6 is 27.3 Å². The number of alkyl halides is 1. The maximum absolute atomic E-state index is 4.62. The first-order valence-corrected chi connectivity index (χ1v) is 8.66. The van der Waals surface area contributed by atoms with Crippen molar-refractivity contribution in [1.82, 2.24) is 4.98 Å². The number of rotatable bonds is 2. The quantitative estimate of drug-likeness (QED) is 0.550. The van der Waals surface area contributed by atoms with Crippen LogP contribution in [0.5, 0.6) is 0 Å². The molecule has 0 saturated carbocycles.